The third-order valence-corrected chi connectivity index (χ3v) is 2.72. The fourth-order valence-electron chi connectivity index (χ4n) is 1.16. The summed E-state index contributed by atoms with van der Waals surface area (Å²) >= 11 is 1.21. The molecule has 1 aromatic rings. The predicted molar refractivity (Wildman–Crippen MR) is 66.0 cm³/mol. The fourth-order valence-corrected chi connectivity index (χ4v) is 1.65. The maximum atomic E-state index is 12.4. The Hall–Kier alpha value is -1.34. The van der Waals surface area contributed by atoms with Gasteiger partial charge in [0.1, 0.15) is 0 Å². The number of hydrogen-bond donors (Lipinski definition) is 0. The molecule has 1 rings (SSSR count). The Kier molecular flexibility index (Phi) is 5.71. The van der Waals surface area contributed by atoms with E-state index in [4.69, 9.17) is 0 Å². The van der Waals surface area contributed by atoms with Gasteiger partial charge in [0.25, 0.3) is 6.43 Å². The van der Waals surface area contributed by atoms with Gasteiger partial charge in [-0.3, -0.25) is 4.79 Å². The zero-order valence-corrected chi connectivity index (χ0v) is 10.2. The first-order valence-electron chi connectivity index (χ1n) is 5.10. The van der Waals surface area contributed by atoms with Gasteiger partial charge in [0.05, 0.1) is 0 Å². The Bertz CT molecular complexity index is 446. The molecule has 4 heteroatoms. The smallest absolute Gasteiger partial charge is 0.263 e. The van der Waals surface area contributed by atoms with Gasteiger partial charge in [-0.05, 0) is 12.1 Å². The zero-order valence-electron chi connectivity index (χ0n) is 9.37. The van der Waals surface area contributed by atoms with E-state index in [9.17, 15) is 13.6 Å². The molecule has 0 heterocycles. The summed E-state index contributed by atoms with van der Waals surface area (Å²) in [5.41, 5.74) is 0.561. The molecule has 0 aliphatic carbocycles. The van der Waals surface area contributed by atoms with Crippen molar-refractivity contribution in [1.29, 1.82) is 0 Å². The molecular formula is C13H12F2OS. The summed E-state index contributed by atoms with van der Waals surface area (Å²) in [6, 6.07) is 6.02. The minimum atomic E-state index is -2.47. The monoisotopic (exact) mass is 254 g/mol. The third kappa shape index (κ3) is 5.50. The van der Waals surface area contributed by atoms with Crippen LogP contribution in [0.1, 0.15) is 30.9 Å². The quantitative estimate of drug-likeness (QED) is 0.605. The van der Waals surface area contributed by atoms with E-state index >= 15 is 0 Å². The number of carbonyl (C=O) groups is 1. The predicted octanol–water partition coefficient (Wildman–Crippen LogP) is 3.65. The Labute approximate surface area is 104 Å². The molecule has 0 amide bonds. The van der Waals surface area contributed by atoms with E-state index in [1.54, 1.807) is 12.1 Å². The number of carbonyl (C=O) groups excluding carboxylic acids is 1. The molecule has 0 saturated heterocycles. The van der Waals surface area contributed by atoms with Crippen LogP contribution in [0, 0.1) is 11.8 Å². The van der Waals surface area contributed by atoms with Crippen molar-refractivity contribution in [1.82, 2.24) is 0 Å². The molecule has 90 valence electrons. The van der Waals surface area contributed by atoms with Crippen LogP contribution in [-0.4, -0.2) is 10.9 Å². The van der Waals surface area contributed by atoms with Crippen LogP contribution >= 0.6 is 11.8 Å². The van der Waals surface area contributed by atoms with Gasteiger partial charge in [0.2, 0.25) is 0 Å². The maximum absolute atomic E-state index is 12.4. The second-order valence-electron chi connectivity index (χ2n) is 3.32. The summed E-state index contributed by atoms with van der Waals surface area (Å²) in [6.07, 6.45) is -1.90. The lowest BCUT2D eigenvalue weighted by Gasteiger charge is -1.98. The summed E-state index contributed by atoms with van der Waals surface area (Å²) in [6.45, 7) is 1.50. The number of benzene rings is 1. The lowest BCUT2D eigenvalue weighted by atomic mass is 10.1. The first-order chi connectivity index (χ1) is 8.09. The van der Waals surface area contributed by atoms with E-state index in [2.05, 4.69) is 11.8 Å². The van der Waals surface area contributed by atoms with Crippen molar-refractivity contribution in [2.45, 2.75) is 19.8 Å². The van der Waals surface area contributed by atoms with Crippen molar-refractivity contribution < 1.29 is 13.6 Å². The SMILES string of the molecule is CC(=O)SCCC#Cc1cccc(C(F)F)c1. The van der Waals surface area contributed by atoms with Crippen LogP contribution in [0.2, 0.25) is 0 Å². The number of rotatable bonds is 3. The fraction of sp³-hybridized carbons (Fsp3) is 0.308. The topological polar surface area (TPSA) is 17.1 Å². The van der Waals surface area contributed by atoms with Gasteiger partial charge < -0.3 is 0 Å². The summed E-state index contributed by atoms with van der Waals surface area (Å²) in [7, 11) is 0. The highest BCUT2D eigenvalue weighted by Gasteiger charge is 2.05. The van der Waals surface area contributed by atoms with Crippen LogP contribution in [0.5, 0.6) is 0 Å². The first kappa shape index (κ1) is 13.7. The number of alkyl halides is 2. The van der Waals surface area contributed by atoms with Crippen molar-refractivity contribution in [3.8, 4) is 11.8 Å². The Morgan fingerprint density at radius 3 is 2.88 bits per heavy atom. The van der Waals surface area contributed by atoms with Crippen molar-refractivity contribution in [3.05, 3.63) is 35.4 Å². The number of hydrogen-bond acceptors (Lipinski definition) is 2. The van der Waals surface area contributed by atoms with Gasteiger partial charge in [-0.2, -0.15) is 0 Å². The summed E-state index contributed by atoms with van der Waals surface area (Å²) in [4.78, 5) is 10.6. The number of halogens is 2. The molecule has 0 spiro atoms. The second kappa shape index (κ2) is 7.08. The summed E-state index contributed by atoms with van der Waals surface area (Å²) in [5, 5.41) is 0.0616. The normalized spacial score (nSPS) is 9.88. The van der Waals surface area contributed by atoms with Crippen LogP contribution in [0.25, 0.3) is 0 Å². The van der Waals surface area contributed by atoms with Crippen molar-refractivity contribution >= 4 is 16.9 Å². The van der Waals surface area contributed by atoms with Crippen LogP contribution < -0.4 is 0 Å². The Morgan fingerprint density at radius 1 is 1.47 bits per heavy atom. The molecule has 0 aromatic heterocycles. The van der Waals surface area contributed by atoms with E-state index in [0.717, 1.165) is 0 Å². The van der Waals surface area contributed by atoms with E-state index in [1.807, 2.05) is 0 Å². The van der Waals surface area contributed by atoms with Crippen molar-refractivity contribution in [2.24, 2.45) is 0 Å². The third-order valence-electron chi connectivity index (χ3n) is 1.90. The average molecular weight is 254 g/mol. The molecule has 0 atom stereocenters. The minimum absolute atomic E-state index is 0.0186. The zero-order chi connectivity index (χ0) is 12.7. The molecule has 1 aromatic carbocycles. The molecule has 0 aliphatic rings. The van der Waals surface area contributed by atoms with Gasteiger partial charge in [0.15, 0.2) is 5.12 Å². The highest BCUT2D eigenvalue weighted by Crippen LogP contribution is 2.18. The van der Waals surface area contributed by atoms with Gasteiger partial charge in [-0.25, -0.2) is 8.78 Å². The van der Waals surface area contributed by atoms with E-state index < -0.39 is 6.43 Å². The lowest BCUT2D eigenvalue weighted by molar-refractivity contribution is -0.109. The molecule has 0 saturated carbocycles. The van der Waals surface area contributed by atoms with Crippen LogP contribution in [0.4, 0.5) is 8.78 Å². The average Bonchev–Trinajstić information content (AvgIpc) is 2.28. The molecule has 0 aliphatic heterocycles. The van der Waals surface area contributed by atoms with Gasteiger partial charge in [0, 0.05) is 30.2 Å². The Balaban J connectivity index is 2.53. The molecule has 0 fully saturated rings. The summed E-state index contributed by atoms with van der Waals surface area (Å²) < 4.78 is 24.8. The second-order valence-corrected chi connectivity index (χ2v) is 4.59. The van der Waals surface area contributed by atoms with Crippen LogP contribution in [0.3, 0.4) is 0 Å². The van der Waals surface area contributed by atoms with Crippen molar-refractivity contribution in [2.75, 3.05) is 5.75 Å². The maximum Gasteiger partial charge on any atom is 0.263 e. The first-order valence-corrected chi connectivity index (χ1v) is 6.08. The standard InChI is InChI=1S/C13H12F2OS/c1-10(16)17-8-3-2-5-11-6-4-7-12(9-11)13(14)15/h4,6-7,9,13H,3,8H2,1H3. The number of thioether (sulfide) groups is 1. The molecule has 17 heavy (non-hydrogen) atoms. The molecule has 1 nitrogen and oxygen atoms in total. The van der Waals surface area contributed by atoms with E-state index in [0.29, 0.717) is 17.7 Å². The Morgan fingerprint density at radius 2 is 2.24 bits per heavy atom. The highest BCUT2D eigenvalue weighted by atomic mass is 32.2. The molecular weight excluding hydrogens is 242 g/mol. The summed E-state index contributed by atoms with van der Waals surface area (Å²) in [5.74, 6) is 6.30. The lowest BCUT2D eigenvalue weighted by Crippen LogP contribution is -1.86. The molecule has 0 N–H and O–H groups in total. The van der Waals surface area contributed by atoms with Crippen molar-refractivity contribution in [3.63, 3.8) is 0 Å². The van der Waals surface area contributed by atoms with Crippen LogP contribution in [0.15, 0.2) is 24.3 Å². The van der Waals surface area contributed by atoms with Gasteiger partial charge in [-0.15, -0.1) is 0 Å². The highest BCUT2D eigenvalue weighted by molar-refractivity contribution is 8.13. The van der Waals surface area contributed by atoms with E-state index in [-0.39, 0.29) is 10.7 Å². The largest absolute Gasteiger partial charge is 0.288 e. The molecule has 0 radical (unpaired) electrons. The van der Waals surface area contributed by atoms with E-state index in [1.165, 1.54) is 30.8 Å². The molecule has 0 unspecified atom stereocenters. The minimum Gasteiger partial charge on any atom is -0.288 e. The van der Waals surface area contributed by atoms with Crippen LogP contribution in [-0.2, 0) is 4.79 Å². The molecule has 0 bridgehead atoms. The van der Waals surface area contributed by atoms with Gasteiger partial charge >= 0.3 is 0 Å². The van der Waals surface area contributed by atoms with Gasteiger partial charge in [-0.1, -0.05) is 35.7 Å².